The van der Waals surface area contributed by atoms with Gasteiger partial charge >= 0.3 is 0 Å². The monoisotopic (exact) mass is 261 g/mol. The summed E-state index contributed by atoms with van der Waals surface area (Å²) in [6.45, 7) is 2.13. The average Bonchev–Trinajstić information content (AvgIpc) is 2.47. The first-order valence-electron chi connectivity index (χ1n) is 7.53. The molecule has 2 heteroatoms. The summed E-state index contributed by atoms with van der Waals surface area (Å²) >= 11 is 0. The van der Waals surface area contributed by atoms with E-state index in [1.807, 2.05) is 14.2 Å². The highest BCUT2D eigenvalue weighted by Gasteiger charge is 2.30. The highest BCUT2D eigenvalue weighted by Crippen LogP contribution is 2.34. The van der Waals surface area contributed by atoms with Crippen LogP contribution in [0.5, 0.6) is 0 Å². The molecule has 1 aromatic rings. The Labute approximate surface area is 117 Å². The van der Waals surface area contributed by atoms with Gasteiger partial charge in [0, 0.05) is 7.11 Å². The third-order valence-corrected chi connectivity index (χ3v) is 4.46. The zero-order valence-corrected chi connectivity index (χ0v) is 12.5. The van der Waals surface area contributed by atoms with Gasteiger partial charge in [0.05, 0.1) is 12.1 Å². The van der Waals surface area contributed by atoms with Crippen molar-refractivity contribution in [2.45, 2.75) is 51.2 Å². The second-order valence-electron chi connectivity index (χ2n) is 5.78. The molecule has 106 valence electrons. The number of hydrogen-bond acceptors (Lipinski definition) is 2. The minimum absolute atomic E-state index is 0.285. The van der Waals surface area contributed by atoms with Crippen LogP contribution in [0.4, 0.5) is 0 Å². The number of benzene rings is 1. The van der Waals surface area contributed by atoms with Crippen molar-refractivity contribution in [2.24, 2.45) is 5.92 Å². The quantitative estimate of drug-likeness (QED) is 0.869. The van der Waals surface area contributed by atoms with Gasteiger partial charge < -0.3 is 10.1 Å². The summed E-state index contributed by atoms with van der Waals surface area (Å²) in [5.41, 5.74) is 2.65. The number of ether oxygens (including phenoxy) is 1. The van der Waals surface area contributed by atoms with E-state index < -0.39 is 0 Å². The van der Waals surface area contributed by atoms with Crippen LogP contribution in [0.15, 0.2) is 24.3 Å². The van der Waals surface area contributed by atoms with E-state index in [2.05, 4.69) is 36.5 Å². The Balaban J connectivity index is 2.15. The fourth-order valence-electron chi connectivity index (χ4n) is 3.36. The molecule has 1 saturated carbocycles. The second kappa shape index (κ2) is 7.06. The van der Waals surface area contributed by atoms with Gasteiger partial charge in [-0.3, -0.25) is 0 Å². The van der Waals surface area contributed by atoms with Gasteiger partial charge in [-0.2, -0.15) is 0 Å². The third kappa shape index (κ3) is 3.58. The second-order valence-corrected chi connectivity index (χ2v) is 5.78. The Hall–Kier alpha value is -0.860. The first-order chi connectivity index (χ1) is 9.26. The Bertz CT molecular complexity index is 367. The molecule has 2 rings (SSSR count). The van der Waals surface area contributed by atoms with Gasteiger partial charge in [-0.05, 0) is 38.3 Å². The lowest BCUT2D eigenvalue weighted by atomic mass is 9.81. The Kier molecular flexibility index (Phi) is 5.41. The molecule has 0 heterocycles. The van der Waals surface area contributed by atoms with E-state index in [-0.39, 0.29) is 6.10 Å². The summed E-state index contributed by atoms with van der Waals surface area (Å²) in [7, 11) is 3.90. The number of hydrogen-bond donors (Lipinski definition) is 1. The molecule has 1 fully saturated rings. The van der Waals surface area contributed by atoms with E-state index in [0.29, 0.717) is 12.0 Å². The summed E-state index contributed by atoms with van der Waals surface area (Å²) in [4.78, 5) is 0. The first kappa shape index (κ1) is 14.5. The van der Waals surface area contributed by atoms with Gasteiger partial charge in [0.15, 0.2) is 0 Å². The molecule has 0 radical (unpaired) electrons. The van der Waals surface area contributed by atoms with E-state index in [4.69, 9.17) is 4.74 Å². The van der Waals surface area contributed by atoms with Crippen molar-refractivity contribution < 1.29 is 4.74 Å². The van der Waals surface area contributed by atoms with E-state index in [9.17, 15) is 0 Å². The van der Waals surface area contributed by atoms with E-state index in [1.54, 1.807) is 0 Å². The maximum absolute atomic E-state index is 5.86. The fourth-order valence-corrected chi connectivity index (χ4v) is 3.36. The summed E-state index contributed by atoms with van der Waals surface area (Å²) in [5.74, 6) is 0.692. The number of aryl methyl sites for hydroxylation is 1. The number of nitrogens with one attached hydrogen (secondary N) is 1. The van der Waals surface area contributed by atoms with Gasteiger partial charge in [-0.1, -0.05) is 49.1 Å². The molecule has 1 aliphatic rings. The van der Waals surface area contributed by atoms with E-state index in [1.165, 1.54) is 43.2 Å². The van der Waals surface area contributed by atoms with Gasteiger partial charge in [0.2, 0.25) is 0 Å². The van der Waals surface area contributed by atoms with Crippen LogP contribution < -0.4 is 5.32 Å². The van der Waals surface area contributed by atoms with Crippen molar-refractivity contribution >= 4 is 0 Å². The van der Waals surface area contributed by atoms with E-state index in [0.717, 1.165) is 0 Å². The van der Waals surface area contributed by atoms with Gasteiger partial charge in [-0.15, -0.1) is 0 Å². The van der Waals surface area contributed by atoms with Crippen LogP contribution in [0.3, 0.4) is 0 Å². The molecular weight excluding hydrogens is 234 g/mol. The predicted octanol–water partition coefficient (Wildman–Crippen LogP) is 3.85. The van der Waals surface area contributed by atoms with Crippen LogP contribution in [0.2, 0.25) is 0 Å². The van der Waals surface area contributed by atoms with Crippen molar-refractivity contribution in [1.82, 2.24) is 5.32 Å². The maximum atomic E-state index is 5.86. The van der Waals surface area contributed by atoms with Crippen molar-refractivity contribution in [1.29, 1.82) is 0 Å². The molecular formula is C17H27NO. The molecule has 1 N–H and O–H groups in total. The lowest BCUT2D eigenvalue weighted by Crippen LogP contribution is -2.37. The molecule has 2 atom stereocenters. The smallest absolute Gasteiger partial charge is 0.0793 e. The largest absolute Gasteiger partial charge is 0.379 e. The molecule has 0 bridgehead atoms. The highest BCUT2D eigenvalue weighted by atomic mass is 16.5. The molecule has 0 amide bonds. The summed E-state index contributed by atoms with van der Waals surface area (Å²) < 4.78 is 5.86. The van der Waals surface area contributed by atoms with Crippen molar-refractivity contribution in [3.05, 3.63) is 35.4 Å². The average molecular weight is 261 g/mol. The van der Waals surface area contributed by atoms with Crippen LogP contribution in [0.1, 0.15) is 49.3 Å². The lowest BCUT2D eigenvalue weighted by Gasteiger charge is -2.35. The fraction of sp³-hybridized carbons (Fsp3) is 0.647. The molecule has 0 spiro atoms. The molecule has 1 aliphatic carbocycles. The van der Waals surface area contributed by atoms with Crippen molar-refractivity contribution in [3.8, 4) is 0 Å². The van der Waals surface area contributed by atoms with Gasteiger partial charge in [0.25, 0.3) is 0 Å². The topological polar surface area (TPSA) is 21.3 Å². The highest BCUT2D eigenvalue weighted by molar-refractivity contribution is 5.25. The minimum Gasteiger partial charge on any atom is -0.379 e. The Morgan fingerprint density at radius 2 is 1.74 bits per heavy atom. The summed E-state index contributed by atoms with van der Waals surface area (Å²) in [5, 5.41) is 3.46. The predicted molar refractivity (Wildman–Crippen MR) is 80.4 cm³/mol. The zero-order valence-electron chi connectivity index (χ0n) is 12.5. The summed E-state index contributed by atoms with van der Waals surface area (Å²) in [6, 6.07) is 9.13. The number of methoxy groups -OCH3 is 1. The van der Waals surface area contributed by atoms with Crippen molar-refractivity contribution in [3.63, 3.8) is 0 Å². The molecule has 19 heavy (non-hydrogen) atoms. The standard InChI is InChI=1S/C17H27NO/c1-13-9-11-14(12-10-13)16(18-2)17(19-3)15-7-5-4-6-8-15/h9-12,15-18H,4-8H2,1-3H3. The molecule has 0 aliphatic heterocycles. The normalized spacial score (nSPS) is 20.2. The Morgan fingerprint density at radius 1 is 1.11 bits per heavy atom. The first-order valence-corrected chi connectivity index (χ1v) is 7.53. The maximum Gasteiger partial charge on any atom is 0.0793 e. The summed E-state index contributed by atoms with van der Waals surface area (Å²) in [6.07, 6.45) is 7.00. The number of rotatable bonds is 5. The number of likely N-dealkylation sites (N-methyl/N-ethyl adjacent to an activating group) is 1. The van der Waals surface area contributed by atoms with Crippen LogP contribution in [-0.2, 0) is 4.74 Å². The van der Waals surface area contributed by atoms with Gasteiger partial charge in [0.1, 0.15) is 0 Å². The molecule has 0 saturated heterocycles. The molecule has 0 aromatic heterocycles. The van der Waals surface area contributed by atoms with Crippen LogP contribution in [0.25, 0.3) is 0 Å². The SMILES string of the molecule is CNC(c1ccc(C)cc1)C(OC)C1CCCCC1. The van der Waals surface area contributed by atoms with E-state index >= 15 is 0 Å². The zero-order chi connectivity index (χ0) is 13.7. The van der Waals surface area contributed by atoms with Gasteiger partial charge in [-0.25, -0.2) is 0 Å². The van der Waals surface area contributed by atoms with Crippen LogP contribution in [0, 0.1) is 12.8 Å². The molecule has 2 nitrogen and oxygen atoms in total. The third-order valence-electron chi connectivity index (χ3n) is 4.46. The lowest BCUT2D eigenvalue weighted by molar-refractivity contribution is 0.00941. The molecule has 1 aromatic carbocycles. The van der Waals surface area contributed by atoms with Crippen LogP contribution >= 0.6 is 0 Å². The van der Waals surface area contributed by atoms with Crippen molar-refractivity contribution in [2.75, 3.05) is 14.2 Å². The Morgan fingerprint density at radius 3 is 2.26 bits per heavy atom. The minimum atomic E-state index is 0.285. The van der Waals surface area contributed by atoms with Crippen LogP contribution in [-0.4, -0.2) is 20.3 Å². The molecule has 2 unspecified atom stereocenters.